The van der Waals surface area contributed by atoms with E-state index < -0.39 is 22.3 Å². The monoisotopic (exact) mass is 315 g/mol. The summed E-state index contributed by atoms with van der Waals surface area (Å²) in [6.45, 7) is 0.259. The Labute approximate surface area is 133 Å². The van der Waals surface area contributed by atoms with Gasteiger partial charge in [0, 0.05) is 32.4 Å². The number of nitro benzene ring substituents is 1. The van der Waals surface area contributed by atoms with Gasteiger partial charge in [-0.3, -0.25) is 14.9 Å². The van der Waals surface area contributed by atoms with Gasteiger partial charge in [0.25, 0.3) is 5.91 Å². The highest BCUT2D eigenvalue weighted by Gasteiger charge is 2.20. The molecular formula is C16H17N3O4. The molecule has 0 heterocycles. The van der Waals surface area contributed by atoms with Gasteiger partial charge in [-0.1, -0.05) is 18.2 Å². The zero-order valence-corrected chi connectivity index (χ0v) is 12.8. The molecule has 120 valence electrons. The van der Waals surface area contributed by atoms with E-state index in [9.17, 15) is 20.0 Å². The molecular weight excluding hydrogens is 298 g/mol. The number of aromatic hydroxyl groups is 1. The lowest BCUT2D eigenvalue weighted by atomic mass is 10.1. The first kappa shape index (κ1) is 16.3. The maximum absolute atomic E-state index is 12.1. The first-order valence-corrected chi connectivity index (χ1v) is 6.91. The van der Waals surface area contributed by atoms with Gasteiger partial charge in [0.1, 0.15) is 0 Å². The molecule has 0 spiro atoms. The van der Waals surface area contributed by atoms with E-state index in [4.69, 9.17) is 0 Å². The van der Waals surface area contributed by atoms with Crippen molar-refractivity contribution in [3.63, 3.8) is 0 Å². The third-order valence-corrected chi connectivity index (χ3v) is 3.36. The van der Waals surface area contributed by atoms with Crippen LogP contribution in [0.4, 0.5) is 11.4 Å². The predicted molar refractivity (Wildman–Crippen MR) is 86.7 cm³/mol. The number of anilines is 1. The molecule has 0 aliphatic rings. The van der Waals surface area contributed by atoms with Crippen LogP contribution in [0.3, 0.4) is 0 Å². The number of nitro groups is 1. The number of amides is 1. The molecule has 0 fully saturated rings. The number of hydrogen-bond donors (Lipinski definition) is 2. The molecule has 7 heteroatoms. The SMILES string of the molecule is CN(C)c1ccc(CNC(=O)c2cccc([N+](=O)[O-])c2O)cc1. The quantitative estimate of drug-likeness (QED) is 0.652. The molecule has 7 nitrogen and oxygen atoms in total. The van der Waals surface area contributed by atoms with Crippen molar-refractivity contribution in [2.45, 2.75) is 6.54 Å². The molecule has 2 aromatic rings. The minimum absolute atomic E-state index is 0.121. The summed E-state index contributed by atoms with van der Waals surface area (Å²) in [5.74, 6) is -1.19. The van der Waals surface area contributed by atoms with E-state index in [1.165, 1.54) is 12.1 Å². The fraction of sp³-hybridized carbons (Fsp3) is 0.188. The number of para-hydroxylation sites is 1. The summed E-state index contributed by atoms with van der Waals surface area (Å²) in [5.41, 5.74) is 1.31. The van der Waals surface area contributed by atoms with Crippen LogP contribution >= 0.6 is 0 Å². The fourth-order valence-electron chi connectivity index (χ4n) is 2.05. The van der Waals surface area contributed by atoms with Gasteiger partial charge in [-0.25, -0.2) is 0 Å². The summed E-state index contributed by atoms with van der Waals surface area (Å²) in [5, 5.41) is 23.2. The van der Waals surface area contributed by atoms with E-state index in [0.29, 0.717) is 0 Å². The van der Waals surface area contributed by atoms with Crippen molar-refractivity contribution in [1.82, 2.24) is 5.32 Å². The molecule has 0 saturated heterocycles. The van der Waals surface area contributed by atoms with Gasteiger partial charge in [0.15, 0.2) is 0 Å². The number of phenolic OH excluding ortho intramolecular Hbond substituents is 1. The average molecular weight is 315 g/mol. The van der Waals surface area contributed by atoms with Crippen molar-refractivity contribution >= 4 is 17.3 Å². The molecule has 2 rings (SSSR count). The Morgan fingerprint density at radius 1 is 1.22 bits per heavy atom. The summed E-state index contributed by atoms with van der Waals surface area (Å²) in [6.07, 6.45) is 0. The summed E-state index contributed by atoms with van der Waals surface area (Å²) in [7, 11) is 3.86. The Bertz CT molecular complexity index is 727. The summed E-state index contributed by atoms with van der Waals surface area (Å²) >= 11 is 0. The first-order chi connectivity index (χ1) is 10.9. The zero-order valence-electron chi connectivity index (χ0n) is 12.8. The molecule has 0 aromatic heterocycles. The van der Waals surface area contributed by atoms with E-state index >= 15 is 0 Å². The van der Waals surface area contributed by atoms with Crippen LogP contribution in [-0.4, -0.2) is 30.0 Å². The fourth-order valence-corrected chi connectivity index (χ4v) is 2.05. The molecule has 2 N–H and O–H groups in total. The van der Waals surface area contributed by atoms with Crippen molar-refractivity contribution < 1.29 is 14.8 Å². The van der Waals surface area contributed by atoms with E-state index in [1.807, 2.05) is 43.3 Å². The smallest absolute Gasteiger partial charge is 0.311 e. The highest BCUT2D eigenvalue weighted by molar-refractivity contribution is 5.98. The van der Waals surface area contributed by atoms with Gasteiger partial charge >= 0.3 is 5.69 Å². The molecule has 0 radical (unpaired) electrons. The van der Waals surface area contributed by atoms with Crippen molar-refractivity contribution in [3.05, 3.63) is 63.7 Å². The number of carbonyl (C=O) groups is 1. The normalized spacial score (nSPS) is 10.2. The molecule has 1 amide bonds. The number of nitrogens with zero attached hydrogens (tertiary/aromatic N) is 2. The second-order valence-electron chi connectivity index (χ2n) is 5.17. The number of rotatable bonds is 5. The second-order valence-corrected chi connectivity index (χ2v) is 5.17. The maximum atomic E-state index is 12.1. The molecule has 0 unspecified atom stereocenters. The molecule has 0 saturated carbocycles. The maximum Gasteiger partial charge on any atom is 0.311 e. The number of carbonyl (C=O) groups excluding carboxylic acids is 1. The van der Waals surface area contributed by atoms with Crippen LogP contribution in [-0.2, 0) is 6.54 Å². The number of phenols is 1. The average Bonchev–Trinajstić information content (AvgIpc) is 2.53. The third kappa shape index (κ3) is 3.76. The van der Waals surface area contributed by atoms with Crippen molar-refractivity contribution in [1.29, 1.82) is 0 Å². The van der Waals surface area contributed by atoms with E-state index in [2.05, 4.69) is 5.32 Å². The minimum atomic E-state index is -0.730. The molecule has 2 aromatic carbocycles. The lowest BCUT2D eigenvalue weighted by Gasteiger charge is -2.13. The van der Waals surface area contributed by atoms with Gasteiger partial charge in [-0.2, -0.15) is 0 Å². The van der Waals surface area contributed by atoms with Gasteiger partial charge < -0.3 is 15.3 Å². The minimum Gasteiger partial charge on any atom is -0.502 e. The Morgan fingerprint density at radius 2 is 1.87 bits per heavy atom. The summed E-state index contributed by atoms with van der Waals surface area (Å²) in [6, 6.07) is 11.4. The second kappa shape index (κ2) is 6.78. The zero-order chi connectivity index (χ0) is 17.0. The topological polar surface area (TPSA) is 95.7 Å². The number of nitrogens with one attached hydrogen (secondary N) is 1. The van der Waals surface area contributed by atoms with E-state index in [-0.39, 0.29) is 12.1 Å². The van der Waals surface area contributed by atoms with Crippen LogP contribution in [0.1, 0.15) is 15.9 Å². The Kier molecular flexibility index (Phi) is 4.80. The molecule has 0 atom stereocenters. The predicted octanol–water partition coefficient (Wildman–Crippen LogP) is 2.30. The van der Waals surface area contributed by atoms with Gasteiger partial charge in [0.2, 0.25) is 5.75 Å². The Balaban J connectivity index is 2.08. The van der Waals surface area contributed by atoms with Crippen LogP contribution in [0.2, 0.25) is 0 Å². The van der Waals surface area contributed by atoms with Crippen LogP contribution in [0.15, 0.2) is 42.5 Å². The lowest BCUT2D eigenvalue weighted by molar-refractivity contribution is -0.385. The lowest BCUT2D eigenvalue weighted by Crippen LogP contribution is -2.23. The standard InChI is InChI=1S/C16H17N3O4/c1-18(2)12-8-6-11(7-9-12)10-17-16(21)13-4-3-5-14(15(13)20)19(22)23/h3-9,20H,10H2,1-2H3,(H,17,21). The number of benzene rings is 2. The van der Waals surface area contributed by atoms with Crippen molar-refractivity contribution in [2.75, 3.05) is 19.0 Å². The summed E-state index contributed by atoms with van der Waals surface area (Å²) < 4.78 is 0. The van der Waals surface area contributed by atoms with Crippen LogP contribution in [0.25, 0.3) is 0 Å². The van der Waals surface area contributed by atoms with E-state index in [0.717, 1.165) is 17.3 Å². The van der Waals surface area contributed by atoms with Crippen molar-refractivity contribution in [2.24, 2.45) is 0 Å². The highest BCUT2D eigenvalue weighted by atomic mass is 16.6. The largest absolute Gasteiger partial charge is 0.502 e. The van der Waals surface area contributed by atoms with Gasteiger partial charge in [0.05, 0.1) is 10.5 Å². The Hall–Kier alpha value is -3.09. The molecule has 0 aliphatic carbocycles. The Morgan fingerprint density at radius 3 is 2.43 bits per heavy atom. The van der Waals surface area contributed by atoms with Gasteiger partial charge in [-0.05, 0) is 23.8 Å². The third-order valence-electron chi connectivity index (χ3n) is 3.36. The van der Waals surface area contributed by atoms with Crippen LogP contribution in [0.5, 0.6) is 5.75 Å². The van der Waals surface area contributed by atoms with E-state index in [1.54, 1.807) is 0 Å². The first-order valence-electron chi connectivity index (χ1n) is 6.91. The number of hydrogen-bond acceptors (Lipinski definition) is 5. The van der Waals surface area contributed by atoms with Crippen LogP contribution < -0.4 is 10.2 Å². The van der Waals surface area contributed by atoms with Crippen molar-refractivity contribution in [3.8, 4) is 5.75 Å². The molecule has 0 bridgehead atoms. The van der Waals surface area contributed by atoms with Crippen LogP contribution in [0, 0.1) is 10.1 Å². The highest BCUT2D eigenvalue weighted by Crippen LogP contribution is 2.29. The molecule has 23 heavy (non-hydrogen) atoms. The summed E-state index contributed by atoms with van der Waals surface area (Å²) in [4.78, 5) is 24.1. The van der Waals surface area contributed by atoms with Gasteiger partial charge in [-0.15, -0.1) is 0 Å². The molecule has 0 aliphatic heterocycles.